The molecule has 3 atom stereocenters. The summed E-state index contributed by atoms with van der Waals surface area (Å²) in [5, 5.41) is 8.58. The number of carbonyl (C=O) groups is 1. The van der Waals surface area contributed by atoms with Gasteiger partial charge in [-0.05, 0) is 30.9 Å². The van der Waals surface area contributed by atoms with Gasteiger partial charge in [0.05, 0.1) is 6.04 Å². The Kier molecular flexibility index (Phi) is 6.18. The number of amides is 1. The molecule has 0 radical (unpaired) electrons. The number of carbonyl (C=O) groups excluding carboxylic acids is 1. The van der Waals surface area contributed by atoms with E-state index in [1.165, 1.54) is 0 Å². The van der Waals surface area contributed by atoms with Crippen molar-refractivity contribution in [3.63, 3.8) is 0 Å². The van der Waals surface area contributed by atoms with Gasteiger partial charge in [0.2, 0.25) is 5.91 Å². The Morgan fingerprint density at radius 1 is 1.42 bits per heavy atom. The molecule has 1 saturated heterocycles. The summed E-state index contributed by atoms with van der Waals surface area (Å²) in [4.78, 5) is 14.5. The van der Waals surface area contributed by atoms with Crippen molar-refractivity contribution in [2.45, 2.75) is 45.1 Å². The van der Waals surface area contributed by atoms with E-state index in [0.717, 1.165) is 37.3 Å². The summed E-state index contributed by atoms with van der Waals surface area (Å²) in [6.45, 7) is 5.57. The Morgan fingerprint density at radius 3 is 2.96 bits per heavy atom. The van der Waals surface area contributed by atoms with E-state index in [2.05, 4.69) is 17.1 Å². The molecule has 3 unspecified atom stereocenters. The number of nitrogens with two attached hydrogens (primary N) is 1. The molecule has 2 aromatic heterocycles. The molecule has 1 amide bonds. The summed E-state index contributed by atoms with van der Waals surface area (Å²) < 4.78 is 2.02. The van der Waals surface area contributed by atoms with Crippen LogP contribution in [-0.4, -0.2) is 44.5 Å². The minimum atomic E-state index is -0.408. The molecule has 132 valence electrons. The number of fused-ring (bicyclic) bond motifs is 1. The third-order valence-electron chi connectivity index (χ3n) is 4.98. The minimum Gasteiger partial charge on any atom is -0.341 e. The Bertz CT molecular complexity index is 688. The van der Waals surface area contributed by atoms with Gasteiger partial charge in [0.15, 0.2) is 5.65 Å². The fourth-order valence-electron chi connectivity index (χ4n) is 3.23. The molecule has 0 aliphatic carbocycles. The second-order valence-corrected chi connectivity index (χ2v) is 6.52. The topological polar surface area (TPSA) is 76.5 Å². The number of aromatic nitrogens is 3. The lowest BCUT2D eigenvalue weighted by Gasteiger charge is -2.34. The Hall–Kier alpha value is -1.66. The highest BCUT2D eigenvalue weighted by Crippen LogP contribution is 2.26. The van der Waals surface area contributed by atoms with Crippen LogP contribution in [-0.2, 0) is 4.79 Å². The third-order valence-corrected chi connectivity index (χ3v) is 4.98. The van der Waals surface area contributed by atoms with E-state index in [1.54, 1.807) is 0 Å². The maximum absolute atomic E-state index is 12.6. The summed E-state index contributed by atoms with van der Waals surface area (Å²) in [6, 6.07) is 5.47. The minimum absolute atomic E-state index is 0. The summed E-state index contributed by atoms with van der Waals surface area (Å²) in [6.07, 6.45) is 4.90. The van der Waals surface area contributed by atoms with E-state index in [9.17, 15) is 4.79 Å². The largest absolute Gasteiger partial charge is 0.341 e. The number of halogens is 1. The smallest absolute Gasteiger partial charge is 0.239 e. The van der Waals surface area contributed by atoms with Crippen molar-refractivity contribution in [2.75, 3.05) is 13.1 Å². The summed E-state index contributed by atoms with van der Waals surface area (Å²) >= 11 is 0. The van der Waals surface area contributed by atoms with Crippen LogP contribution in [0.25, 0.3) is 5.65 Å². The van der Waals surface area contributed by atoms with E-state index in [-0.39, 0.29) is 30.2 Å². The van der Waals surface area contributed by atoms with Crippen LogP contribution >= 0.6 is 12.4 Å². The van der Waals surface area contributed by atoms with Crippen LogP contribution in [0.1, 0.15) is 44.9 Å². The molecule has 1 aliphatic rings. The molecular formula is C17H26ClN5O. The fourth-order valence-corrected chi connectivity index (χ4v) is 3.23. The van der Waals surface area contributed by atoms with Crippen LogP contribution in [0, 0.1) is 5.92 Å². The van der Waals surface area contributed by atoms with Gasteiger partial charge in [-0.3, -0.25) is 9.20 Å². The number of rotatable bonds is 4. The fraction of sp³-hybridized carbons (Fsp3) is 0.588. The molecule has 0 aromatic carbocycles. The van der Waals surface area contributed by atoms with Gasteiger partial charge < -0.3 is 10.6 Å². The third kappa shape index (κ3) is 3.54. The van der Waals surface area contributed by atoms with Crippen LogP contribution in [0.2, 0.25) is 0 Å². The standard InChI is InChI=1S/C17H25N5O.ClH/c1-3-12(2)15(18)17(23)21-9-6-7-13(11-21)16-20-19-14-8-4-5-10-22(14)16;/h4-5,8,10,12-13,15H,3,6-7,9,11,18H2,1-2H3;1H. The van der Waals surface area contributed by atoms with E-state index in [4.69, 9.17) is 5.73 Å². The zero-order chi connectivity index (χ0) is 16.4. The van der Waals surface area contributed by atoms with Gasteiger partial charge >= 0.3 is 0 Å². The zero-order valence-corrected chi connectivity index (χ0v) is 15.1. The van der Waals surface area contributed by atoms with Gasteiger partial charge in [-0.1, -0.05) is 26.3 Å². The number of hydrogen-bond acceptors (Lipinski definition) is 4. The first-order valence-electron chi connectivity index (χ1n) is 8.45. The molecule has 7 heteroatoms. The van der Waals surface area contributed by atoms with Gasteiger partial charge in [-0.2, -0.15) is 0 Å². The first-order valence-corrected chi connectivity index (χ1v) is 8.45. The highest BCUT2D eigenvalue weighted by atomic mass is 35.5. The maximum Gasteiger partial charge on any atom is 0.239 e. The normalized spacial score (nSPS) is 20.5. The molecule has 2 N–H and O–H groups in total. The molecule has 0 saturated carbocycles. The Morgan fingerprint density at radius 2 is 2.21 bits per heavy atom. The number of likely N-dealkylation sites (tertiary alicyclic amines) is 1. The van der Waals surface area contributed by atoms with Crippen molar-refractivity contribution in [1.82, 2.24) is 19.5 Å². The van der Waals surface area contributed by atoms with E-state index >= 15 is 0 Å². The predicted molar refractivity (Wildman–Crippen MR) is 96.2 cm³/mol. The van der Waals surface area contributed by atoms with Gasteiger partial charge in [-0.25, -0.2) is 0 Å². The number of pyridine rings is 1. The molecule has 24 heavy (non-hydrogen) atoms. The molecule has 0 spiro atoms. The average molecular weight is 352 g/mol. The van der Waals surface area contributed by atoms with Crippen molar-refractivity contribution in [1.29, 1.82) is 0 Å². The van der Waals surface area contributed by atoms with Crippen LogP contribution in [0.3, 0.4) is 0 Å². The molecule has 0 bridgehead atoms. The van der Waals surface area contributed by atoms with Gasteiger partial charge in [0, 0.05) is 25.2 Å². The van der Waals surface area contributed by atoms with E-state index in [1.807, 2.05) is 40.6 Å². The van der Waals surface area contributed by atoms with Crippen molar-refractivity contribution in [2.24, 2.45) is 11.7 Å². The maximum atomic E-state index is 12.6. The molecule has 2 aromatic rings. The molecule has 1 aliphatic heterocycles. The Balaban J connectivity index is 0.00000208. The molecule has 1 fully saturated rings. The van der Waals surface area contributed by atoms with Crippen molar-refractivity contribution in [3.8, 4) is 0 Å². The summed E-state index contributed by atoms with van der Waals surface area (Å²) in [5.74, 6) is 1.43. The first-order chi connectivity index (χ1) is 11.1. The average Bonchev–Trinajstić information content (AvgIpc) is 3.04. The Labute approximate surface area is 148 Å². The highest BCUT2D eigenvalue weighted by molar-refractivity contribution is 5.85. The van der Waals surface area contributed by atoms with Crippen molar-refractivity contribution >= 4 is 24.0 Å². The number of nitrogens with zero attached hydrogens (tertiary/aromatic N) is 4. The number of hydrogen-bond donors (Lipinski definition) is 1. The molecule has 3 rings (SSSR count). The second-order valence-electron chi connectivity index (χ2n) is 6.52. The summed E-state index contributed by atoms with van der Waals surface area (Å²) in [7, 11) is 0. The predicted octanol–water partition coefficient (Wildman–Crippen LogP) is 2.23. The first kappa shape index (κ1) is 18.7. The van der Waals surface area contributed by atoms with E-state index < -0.39 is 6.04 Å². The van der Waals surface area contributed by atoms with Gasteiger partial charge in [-0.15, -0.1) is 22.6 Å². The van der Waals surface area contributed by atoms with Crippen LogP contribution in [0.5, 0.6) is 0 Å². The lowest BCUT2D eigenvalue weighted by Crippen LogP contribution is -2.50. The van der Waals surface area contributed by atoms with Crippen molar-refractivity contribution < 1.29 is 4.79 Å². The van der Waals surface area contributed by atoms with Gasteiger partial charge in [0.25, 0.3) is 0 Å². The summed E-state index contributed by atoms with van der Waals surface area (Å²) in [5.41, 5.74) is 6.98. The monoisotopic (exact) mass is 351 g/mol. The zero-order valence-electron chi connectivity index (χ0n) is 14.3. The molecule has 6 nitrogen and oxygen atoms in total. The van der Waals surface area contributed by atoms with Crippen molar-refractivity contribution in [3.05, 3.63) is 30.2 Å². The number of piperidine rings is 1. The lowest BCUT2D eigenvalue weighted by molar-refractivity contribution is -0.135. The van der Waals surface area contributed by atoms with Crippen LogP contribution < -0.4 is 5.73 Å². The quantitative estimate of drug-likeness (QED) is 0.916. The SMILES string of the molecule is CCC(C)C(N)C(=O)N1CCCC(c2nnc3ccccn23)C1.Cl. The second kappa shape index (κ2) is 7.94. The molecular weight excluding hydrogens is 326 g/mol. The lowest BCUT2D eigenvalue weighted by atomic mass is 9.94. The van der Waals surface area contributed by atoms with Crippen LogP contribution in [0.15, 0.2) is 24.4 Å². The van der Waals surface area contributed by atoms with Crippen LogP contribution in [0.4, 0.5) is 0 Å². The highest BCUT2D eigenvalue weighted by Gasteiger charge is 2.31. The molecule has 3 heterocycles. The van der Waals surface area contributed by atoms with Gasteiger partial charge in [0.1, 0.15) is 5.82 Å². The van der Waals surface area contributed by atoms with E-state index in [0.29, 0.717) is 6.54 Å².